The van der Waals surface area contributed by atoms with E-state index >= 15 is 0 Å². The van der Waals surface area contributed by atoms with Gasteiger partial charge in [0.2, 0.25) is 0 Å². The lowest BCUT2D eigenvalue weighted by Gasteiger charge is -2.27. The summed E-state index contributed by atoms with van der Waals surface area (Å²) in [6.07, 6.45) is 0.419. The van der Waals surface area contributed by atoms with E-state index in [1.807, 2.05) is 24.3 Å². The van der Waals surface area contributed by atoms with E-state index in [2.05, 4.69) is 27.7 Å². The van der Waals surface area contributed by atoms with E-state index in [9.17, 15) is 14.7 Å². The molecule has 3 aromatic rings. The molecule has 1 aliphatic rings. The van der Waals surface area contributed by atoms with Crippen molar-refractivity contribution in [1.29, 1.82) is 0 Å². The molecule has 0 radical (unpaired) electrons. The first kappa shape index (κ1) is 18.0. The highest BCUT2D eigenvalue weighted by atomic mass is 127. The van der Waals surface area contributed by atoms with Gasteiger partial charge in [-0.15, -0.1) is 0 Å². The number of aromatic nitrogens is 2. The van der Waals surface area contributed by atoms with E-state index in [4.69, 9.17) is 11.6 Å². The lowest BCUT2D eigenvalue weighted by atomic mass is 10.0. The van der Waals surface area contributed by atoms with Crippen LogP contribution in [0.2, 0.25) is 5.02 Å². The van der Waals surface area contributed by atoms with Gasteiger partial charge in [0.1, 0.15) is 5.69 Å². The summed E-state index contributed by atoms with van der Waals surface area (Å²) < 4.78 is 2.47. The van der Waals surface area contributed by atoms with Crippen LogP contribution in [0.15, 0.2) is 48.5 Å². The van der Waals surface area contributed by atoms with Gasteiger partial charge in [0, 0.05) is 26.4 Å². The molecule has 8 heteroatoms. The molecule has 136 valence electrons. The molecule has 6 nitrogen and oxygen atoms in total. The predicted molar refractivity (Wildman–Crippen MR) is 110 cm³/mol. The molecule has 1 N–H and O–H groups in total. The number of hydrogen-bond donors (Lipinski definition) is 1. The number of carbonyl (C=O) groups is 2. The first-order chi connectivity index (χ1) is 13.0. The molecular weight excluding hydrogens is 481 g/mol. The van der Waals surface area contributed by atoms with Crippen molar-refractivity contribution in [3.8, 4) is 5.69 Å². The van der Waals surface area contributed by atoms with Crippen molar-refractivity contribution in [1.82, 2.24) is 9.78 Å². The second-order valence-corrected chi connectivity index (χ2v) is 7.73. The molecule has 2 heterocycles. The van der Waals surface area contributed by atoms with Crippen LogP contribution in [0.4, 0.5) is 5.69 Å². The van der Waals surface area contributed by atoms with E-state index < -0.39 is 5.97 Å². The molecule has 0 atom stereocenters. The van der Waals surface area contributed by atoms with Gasteiger partial charge >= 0.3 is 5.97 Å². The quantitative estimate of drug-likeness (QED) is 0.559. The summed E-state index contributed by atoms with van der Waals surface area (Å²) >= 11 is 8.15. The molecule has 4 rings (SSSR count). The van der Waals surface area contributed by atoms with E-state index in [1.165, 1.54) is 4.68 Å². The average molecular weight is 494 g/mol. The van der Waals surface area contributed by atoms with Crippen LogP contribution in [0, 0.1) is 3.57 Å². The summed E-state index contributed by atoms with van der Waals surface area (Å²) in [5.74, 6) is -1.41. The zero-order valence-electron chi connectivity index (χ0n) is 13.9. The third kappa shape index (κ3) is 3.21. The van der Waals surface area contributed by atoms with Crippen molar-refractivity contribution in [3.05, 3.63) is 74.1 Å². The summed E-state index contributed by atoms with van der Waals surface area (Å²) in [5, 5.41) is 14.3. The zero-order valence-corrected chi connectivity index (χ0v) is 16.8. The number of rotatable bonds is 3. The molecule has 0 spiro atoms. The predicted octanol–water partition coefficient (Wildman–Crippen LogP) is 4.03. The highest BCUT2D eigenvalue weighted by molar-refractivity contribution is 14.1. The summed E-state index contributed by atoms with van der Waals surface area (Å²) in [6, 6.07) is 14.4. The molecule has 0 saturated carbocycles. The number of benzene rings is 2. The third-order valence-corrected chi connectivity index (χ3v) is 5.40. The van der Waals surface area contributed by atoms with Gasteiger partial charge in [-0.2, -0.15) is 5.10 Å². The lowest BCUT2D eigenvalue weighted by Crippen LogP contribution is -2.39. The van der Waals surface area contributed by atoms with Gasteiger partial charge in [-0.1, -0.05) is 11.6 Å². The van der Waals surface area contributed by atoms with Crippen molar-refractivity contribution >= 4 is 51.8 Å². The summed E-state index contributed by atoms with van der Waals surface area (Å²) in [6.45, 7) is 0.402. The Morgan fingerprint density at radius 2 is 1.70 bits per heavy atom. The first-order valence-electron chi connectivity index (χ1n) is 8.14. The fraction of sp³-hybridized carbons (Fsp3) is 0.105. The molecule has 0 bridgehead atoms. The number of fused-ring (bicyclic) bond motifs is 1. The second kappa shape index (κ2) is 6.97. The van der Waals surface area contributed by atoms with Crippen molar-refractivity contribution in [2.24, 2.45) is 0 Å². The Morgan fingerprint density at radius 3 is 2.33 bits per heavy atom. The fourth-order valence-electron chi connectivity index (χ4n) is 3.17. The van der Waals surface area contributed by atoms with Crippen molar-refractivity contribution < 1.29 is 14.7 Å². The number of amides is 1. The minimum absolute atomic E-state index is 0.0874. The Morgan fingerprint density at radius 1 is 1.07 bits per heavy atom. The van der Waals surface area contributed by atoms with Crippen LogP contribution < -0.4 is 4.90 Å². The Balaban J connectivity index is 1.85. The average Bonchev–Trinajstić information content (AvgIpc) is 3.04. The van der Waals surface area contributed by atoms with Gasteiger partial charge in [-0.05, 0) is 77.5 Å². The van der Waals surface area contributed by atoms with Crippen molar-refractivity contribution in [3.63, 3.8) is 0 Å². The van der Waals surface area contributed by atoms with Gasteiger partial charge in [0.05, 0.1) is 5.69 Å². The van der Waals surface area contributed by atoms with Crippen LogP contribution in [0.5, 0.6) is 0 Å². The molecule has 0 unspecified atom stereocenters. The largest absolute Gasteiger partial charge is 0.476 e. The number of carbonyl (C=O) groups excluding carboxylic acids is 1. The lowest BCUT2D eigenvalue weighted by molar-refractivity contribution is 0.0688. The Labute approximate surface area is 173 Å². The fourth-order valence-corrected chi connectivity index (χ4v) is 3.65. The molecule has 2 aromatic carbocycles. The summed E-state index contributed by atoms with van der Waals surface area (Å²) in [4.78, 5) is 26.5. The van der Waals surface area contributed by atoms with Gasteiger partial charge in [0.25, 0.3) is 5.91 Å². The molecule has 1 amide bonds. The normalized spacial score (nSPS) is 13.6. The van der Waals surface area contributed by atoms with Crippen LogP contribution in [0.1, 0.15) is 26.5 Å². The maximum absolute atomic E-state index is 13.2. The number of nitrogens with zero attached hydrogens (tertiary/aromatic N) is 3. The molecule has 0 aliphatic carbocycles. The van der Waals surface area contributed by atoms with Gasteiger partial charge < -0.3 is 10.0 Å². The highest BCUT2D eigenvalue weighted by Crippen LogP contribution is 2.29. The number of carboxylic acid groups (broad SMARTS) is 1. The van der Waals surface area contributed by atoms with Crippen LogP contribution in [0.3, 0.4) is 0 Å². The SMILES string of the molecule is O=C(O)c1nn(-c2ccc(Cl)cc2)c2c1CCN(c1ccc(I)cc1)C2=O. The number of halogens is 2. The molecule has 1 aromatic heterocycles. The number of anilines is 1. The van der Waals surface area contributed by atoms with Crippen LogP contribution >= 0.6 is 34.2 Å². The van der Waals surface area contributed by atoms with Gasteiger partial charge in [-0.25, -0.2) is 9.48 Å². The smallest absolute Gasteiger partial charge is 0.356 e. The number of hydrogen-bond acceptors (Lipinski definition) is 3. The molecule has 1 aliphatic heterocycles. The minimum atomic E-state index is -1.14. The minimum Gasteiger partial charge on any atom is -0.476 e. The molecule has 0 saturated heterocycles. The van der Waals surface area contributed by atoms with Crippen LogP contribution in [-0.4, -0.2) is 33.3 Å². The molecule has 0 fully saturated rings. The van der Waals surface area contributed by atoms with Crippen molar-refractivity contribution in [2.75, 3.05) is 11.4 Å². The maximum atomic E-state index is 13.2. The van der Waals surface area contributed by atoms with E-state index in [-0.39, 0.29) is 17.3 Å². The van der Waals surface area contributed by atoms with Crippen molar-refractivity contribution in [2.45, 2.75) is 6.42 Å². The Bertz CT molecular complexity index is 1050. The summed E-state index contributed by atoms with van der Waals surface area (Å²) in [5.41, 5.74) is 2.01. The van der Waals surface area contributed by atoms with Gasteiger partial charge in [0.15, 0.2) is 5.69 Å². The number of aromatic carboxylic acids is 1. The standard InChI is InChI=1S/C19H13ClIN3O3/c20-11-1-5-14(6-2-11)24-17-15(16(22-24)19(26)27)9-10-23(18(17)25)13-7-3-12(21)4-8-13/h1-8H,9-10H2,(H,26,27). The van der Waals surface area contributed by atoms with Gasteiger partial charge in [-0.3, -0.25) is 4.79 Å². The molecular formula is C19H13ClIN3O3. The molecule has 27 heavy (non-hydrogen) atoms. The van der Waals surface area contributed by atoms with Crippen LogP contribution in [-0.2, 0) is 6.42 Å². The third-order valence-electron chi connectivity index (χ3n) is 4.43. The van der Waals surface area contributed by atoms with Crippen LogP contribution in [0.25, 0.3) is 5.69 Å². The highest BCUT2D eigenvalue weighted by Gasteiger charge is 2.35. The second-order valence-electron chi connectivity index (χ2n) is 6.05. The summed E-state index contributed by atoms with van der Waals surface area (Å²) in [7, 11) is 0. The van der Waals surface area contributed by atoms with E-state index in [0.29, 0.717) is 29.2 Å². The van der Waals surface area contributed by atoms with E-state index in [1.54, 1.807) is 29.2 Å². The number of carboxylic acids is 1. The Kier molecular flexibility index (Phi) is 4.65. The first-order valence-corrected chi connectivity index (χ1v) is 9.60. The van der Waals surface area contributed by atoms with E-state index in [0.717, 1.165) is 9.26 Å². The monoisotopic (exact) mass is 493 g/mol. The maximum Gasteiger partial charge on any atom is 0.356 e. The Hall–Kier alpha value is -2.39. The zero-order chi connectivity index (χ0) is 19.1. The topological polar surface area (TPSA) is 75.4 Å².